The van der Waals surface area contributed by atoms with Crippen LogP contribution in [0, 0.1) is 17.4 Å². The Hall–Kier alpha value is -7.69. The third-order valence-electron chi connectivity index (χ3n) is 16.5. The number of amides is 2. The van der Waals surface area contributed by atoms with Crippen molar-refractivity contribution in [1.29, 1.82) is 0 Å². The highest BCUT2D eigenvalue weighted by Crippen LogP contribution is 2.43. The number of carbonyl (C=O) groups is 2. The standard InChI is InChI=1S/C29H36BN3O5.C29H30N4O4.C6H6INO/c1-20(22-12-14-24(15-13-22)30-37-27(3,4)28(5,6)38-30)33-19-18-29(36-26(33)34,23-10-8-7-9-11-23)17-16-25-32-31-21(2)35-25;1-20(22-9-11-23(12-10-22)24-14-17-32(3)27(34)19-24)33-18-16-29(37-28(33)35,25-7-5-4-6-8-25)15-13-26-31-30-21(2)36-26;1-8-3-2-5(7)4-6(8)9/h7-15,20H,16-19H2,1-6H3;4-12,14,17,19-20H,13,15-16,18H2,1-3H3;2-4H,1H3/t2*20-,29+;/m00./s1. The SMILES string of the molecule is Cc1nnc(CC[C@]2(c3ccccc3)CCN([C@@H](C)c3ccc(-c4ccn(C)c(=O)c4)cc3)C(=O)O2)o1.Cc1nnc(CC[C@]2(c3ccccc3)CCN([C@@H](C)c3ccc(B4OC(C)(C)C(C)(C)O4)cc3)C(=O)O2)o1.Cn1ccc(I)cc1=O. The molecule has 4 aromatic carbocycles. The summed E-state index contributed by atoms with van der Waals surface area (Å²) in [6, 6.07) is 42.6. The molecule has 7 heterocycles. The number of nitrogens with zero attached hydrogens (tertiary/aromatic N) is 8. The maximum atomic E-state index is 13.4. The van der Waals surface area contributed by atoms with Gasteiger partial charge in [-0.05, 0) is 115 Å². The highest BCUT2D eigenvalue weighted by molar-refractivity contribution is 14.1. The summed E-state index contributed by atoms with van der Waals surface area (Å²) < 4.78 is 40.0. The number of hydrogen-bond donors (Lipinski definition) is 0. The van der Waals surface area contributed by atoms with E-state index in [1.807, 2.05) is 163 Å². The van der Waals surface area contributed by atoms with Gasteiger partial charge in [-0.1, -0.05) is 109 Å². The molecule has 0 N–H and O–H groups in total. The maximum Gasteiger partial charge on any atom is 0.494 e. The second-order valence-corrected chi connectivity index (χ2v) is 23.9. The van der Waals surface area contributed by atoms with Crippen LogP contribution in [0.4, 0.5) is 9.59 Å². The van der Waals surface area contributed by atoms with Crippen LogP contribution in [0.15, 0.2) is 164 Å². The van der Waals surface area contributed by atoms with Crippen LogP contribution < -0.4 is 16.6 Å². The Morgan fingerprint density at radius 3 is 1.37 bits per heavy atom. The third-order valence-corrected chi connectivity index (χ3v) is 17.2. The summed E-state index contributed by atoms with van der Waals surface area (Å²) in [6.45, 7) is 16.9. The molecule has 4 aromatic heterocycles. The van der Waals surface area contributed by atoms with Gasteiger partial charge in [-0.2, -0.15) is 0 Å². The molecule has 3 fully saturated rings. The minimum absolute atomic E-state index is 0.0434. The molecule has 0 aliphatic carbocycles. The number of aromatic nitrogens is 6. The first-order valence-electron chi connectivity index (χ1n) is 28.3. The van der Waals surface area contributed by atoms with E-state index in [1.165, 1.54) is 0 Å². The van der Waals surface area contributed by atoms with Crippen LogP contribution in [0.3, 0.4) is 0 Å². The van der Waals surface area contributed by atoms with Gasteiger partial charge in [0.25, 0.3) is 11.1 Å². The van der Waals surface area contributed by atoms with Gasteiger partial charge in [-0.15, -0.1) is 20.4 Å². The van der Waals surface area contributed by atoms with E-state index >= 15 is 0 Å². The Kier molecular flexibility index (Phi) is 18.6. The molecular weight excluding hydrogens is 1180 g/mol. The van der Waals surface area contributed by atoms with Crippen LogP contribution in [-0.2, 0) is 56.9 Å². The van der Waals surface area contributed by atoms with Gasteiger partial charge in [0.05, 0.1) is 23.3 Å². The molecule has 3 aliphatic heterocycles. The molecular formula is C64H72BIN8O10. The van der Waals surface area contributed by atoms with Crippen LogP contribution in [0.25, 0.3) is 11.1 Å². The van der Waals surface area contributed by atoms with Gasteiger partial charge < -0.3 is 46.6 Å². The van der Waals surface area contributed by atoms with Gasteiger partial charge in [0.15, 0.2) is 0 Å². The van der Waals surface area contributed by atoms with E-state index in [2.05, 4.69) is 43.0 Å². The fraction of sp³-hybridized carbons (Fsp3) is 0.375. The number of cyclic esters (lactones) is 2. The molecule has 4 atom stereocenters. The summed E-state index contributed by atoms with van der Waals surface area (Å²) in [4.78, 5) is 53.2. The lowest BCUT2D eigenvalue weighted by Crippen LogP contribution is -2.49. The predicted octanol–water partition coefficient (Wildman–Crippen LogP) is 11.3. The smallest absolute Gasteiger partial charge is 0.438 e. The Labute approximate surface area is 503 Å². The molecule has 3 saturated heterocycles. The summed E-state index contributed by atoms with van der Waals surface area (Å²) in [5.41, 5.74) is 4.42. The summed E-state index contributed by atoms with van der Waals surface area (Å²) in [6.07, 6.45) is 6.30. The number of benzene rings is 4. The first-order chi connectivity index (χ1) is 40.0. The molecule has 84 heavy (non-hydrogen) atoms. The number of pyridine rings is 2. The molecule has 0 radical (unpaired) electrons. The molecule has 0 bridgehead atoms. The van der Waals surface area contributed by atoms with Crippen molar-refractivity contribution in [2.75, 3.05) is 13.1 Å². The Balaban J connectivity index is 0.000000175. The maximum absolute atomic E-state index is 13.4. The van der Waals surface area contributed by atoms with Gasteiger partial charge in [0.2, 0.25) is 23.6 Å². The molecule has 8 aromatic rings. The van der Waals surface area contributed by atoms with Gasteiger partial charge in [0.1, 0.15) is 11.2 Å². The molecule has 0 saturated carbocycles. The molecule has 2 amide bonds. The number of carbonyl (C=O) groups excluding carboxylic acids is 2. The van der Waals surface area contributed by atoms with Crippen molar-refractivity contribution in [2.45, 2.75) is 128 Å². The van der Waals surface area contributed by atoms with E-state index in [0.29, 0.717) is 75.2 Å². The zero-order chi connectivity index (χ0) is 60.0. The molecule has 18 nitrogen and oxygen atoms in total. The number of hydrogen-bond acceptors (Lipinski definition) is 14. The average Bonchev–Trinajstić information content (AvgIpc) is 4.08. The van der Waals surface area contributed by atoms with Gasteiger partial charge in [-0.3, -0.25) is 9.59 Å². The normalized spacial score (nSPS) is 19.7. The summed E-state index contributed by atoms with van der Waals surface area (Å²) >= 11 is 2.11. The zero-order valence-electron chi connectivity index (χ0n) is 49.3. The largest absolute Gasteiger partial charge is 0.494 e. The van der Waals surface area contributed by atoms with Crippen LogP contribution in [0.1, 0.15) is 125 Å². The predicted molar refractivity (Wildman–Crippen MR) is 327 cm³/mol. The van der Waals surface area contributed by atoms with Crippen molar-refractivity contribution in [2.24, 2.45) is 14.1 Å². The summed E-state index contributed by atoms with van der Waals surface area (Å²) in [5.74, 6) is 2.13. The Bertz CT molecular complexity index is 3650. The highest BCUT2D eigenvalue weighted by atomic mass is 127. The fourth-order valence-electron chi connectivity index (χ4n) is 10.5. The van der Waals surface area contributed by atoms with E-state index in [1.54, 1.807) is 71.4 Å². The van der Waals surface area contributed by atoms with E-state index in [-0.39, 0.29) is 35.4 Å². The number of aryl methyl sites for hydroxylation is 6. The van der Waals surface area contributed by atoms with E-state index in [0.717, 1.165) is 42.4 Å². The Morgan fingerprint density at radius 2 is 0.976 bits per heavy atom. The minimum Gasteiger partial charge on any atom is -0.438 e. The van der Waals surface area contributed by atoms with E-state index in [4.69, 9.17) is 27.6 Å². The van der Waals surface area contributed by atoms with Crippen LogP contribution in [0.2, 0.25) is 0 Å². The molecule has 0 spiro atoms. The van der Waals surface area contributed by atoms with Crippen molar-refractivity contribution in [3.8, 4) is 11.1 Å². The number of halogens is 1. The molecule has 0 unspecified atom stereocenters. The van der Waals surface area contributed by atoms with Crippen molar-refractivity contribution >= 4 is 47.4 Å². The van der Waals surface area contributed by atoms with Crippen molar-refractivity contribution in [3.05, 3.63) is 216 Å². The number of rotatable bonds is 14. The Morgan fingerprint density at radius 1 is 0.548 bits per heavy atom. The lowest BCUT2D eigenvalue weighted by Gasteiger charge is -2.43. The quantitative estimate of drug-likeness (QED) is 0.0735. The van der Waals surface area contributed by atoms with Gasteiger partial charge in [-0.25, -0.2) is 9.59 Å². The zero-order valence-corrected chi connectivity index (χ0v) is 51.4. The molecule has 11 rings (SSSR count). The van der Waals surface area contributed by atoms with Crippen molar-refractivity contribution in [3.63, 3.8) is 0 Å². The van der Waals surface area contributed by atoms with Gasteiger partial charge in [0, 0.05) is 108 Å². The fourth-order valence-corrected chi connectivity index (χ4v) is 11.0. The van der Waals surface area contributed by atoms with Crippen molar-refractivity contribution < 1.29 is 37.2 Å². The summed E-state index contributed by atoms with van der Waals surface area (Å²) in [7, 11) is 3.05. The monoisotopic (exact) mass is 1250 g/mol. The first kappa shape index (κ1) is 60.9. The topological polar surface area (TPSA) is 199 Å². The molecule has 20 heteroatoms. The number of ether oxygens (including phenoxy) is 2. The van der Waals surface area contributed by atoms with Crippen LogP contribution in [-0.4, -0.2) is 82.9 Å². The summed E-state index contributed by atoms with van der Waals surface area (Å²) in [5, 5.41) is 16.1. The lowest BCUT2D eigenvalue weighted by atomic mass is 9.78. The van der Waals surface area contributed by atoms with E-state index in [9.17, 15) is 19.2 Å². The lowest BCUT2D eigenvalue weighted by molar-refractivity contribution is -0.0665. The average molecular weight is 1250 g/mol. The molecule has 438 valence electrons. The van der Waals surface area contributed by atoms with Crippen LogP contribution in [0.5, 0.6) is 0 Å². The molecule has 3 aliphatic rings. The van der Waals surface area contributed by atoms with Gasteiger partial charge >= 0.3 is 19.3 Å². The minimum atomic E-state index is -0.764. The first-order valence-corrected chi connectivity index (χ1v) is 29.4. The second-order valence-electron chi connectivity index (χ2n) is 22.7. The van der Waals surface area contributed by atoms with Crippen LogP contribution >= 0.6 is 22.6 Å². The van der Waals surface area contributed by atoms with E-state index < -0.39 is 29.5 Å². The van der Waals surface area contributed by atoms with Crippen molar-refractivity contribution in [1.82, 2.24) is 39.3 Å². The highest BCUT2D eigenvalue weighted by Gasteiger charge is 2.52. The second kappa shape index (κ2) is 25.7. The third kappa shape index (κ3) is 13.9.